The van der Waals surface area contributed by atoms with Gasteiger partial charge in [-0.1, -0.05) is 28.8 Å². The van der Waals surface area contributed by atoms with Crippen LogP contribution in [0.3, 0.4) is 0 Å². The summed E-state index contributed by atoms with van der Waals surface area (Å²) in [6.07, 6.45) is 5.53. The van der Waals surface area contributed by atoms with Crippen LogP contribution in [0.15, 0.2) is 36.7 Å². The van der Waals surface area contributed by atoms with E-state index in [-0.39, 0.29) is 6.67 Å². The minimum atomic E-state index is 0.131. The van der Waals surface area contributed by atoms with Gasteiger partial charge in [-0.2, -0.15) is 9.80 Å². The van der Waals surface area contributed by atoms with Crippen molar-refractivity contribution >= 4 is 11.5 Å². The molecule has 0 N–H and O–H groups in total. The number of rotatable bonds is 3. The second-order valence-electron chi connectivity index (χ2n) is 7.46. The van der Waals surface area contributed by atoms with Gasteiger partial charge in [0.2, 0.25) is 0 Å². The third-order valence-electron chi connectivity index (χ3n) is 5.61. The van der Waals surface area contributed by atoms with Crippen LogP contribution in [0.5, 0.6) is 0 Å². The number of anilines is 1. The Balaban J connectivity index is 1.47. The number of halogens is 1. The Labute approximate surface area is 154 Å². The molecular formula is C18H17FN8. The first kappa shape index (κ1) is 14.9. The van der Waals surface area contributed by atoms with E-state index in [0.29, 0.717) is 28.6 Å². The SMILES string of the molecule is CC1CC1Cc1cn(-c2nnc3n2C2=CN(F)CN2c2ccccc2-3)nn1. The summed E-state index contributed by atoms with van der Waals surface area (Å²) in [6, 6.07) is 7.82. The first-order valence-electron chi connectivity index (χ1n) is 9.07. The van der Waals surface area contributed by atoms with Crippen LogP contribution >= 0.6 is 0 Å². The summed E-state index contributed by atoms with van der Waals surface area (Å²) in [7, 11) is 0. The molecule has 9 heteroatoms. The van der Waals surface area contributed by atoms with Gasteiger partial charge in [0.1, 0.15) is 12.5 Å². The second kappa shape index (κ2) is 5.15. The van der Waals surface area contributed by atoms with Gasteiger partial charge >= 0.3 is 0 Å². The van der Waals surface area contributed by atoms with Crippen molar-refractivity contribution in [3.63, 3.8) is 0 Å². The number of para-hydroxylation sites is 1. The van der Waals surface area contributed by atoms with Crippen molar-refractivity contribution in [3.05, 3.63) is 42.4 Å². The van der Waals surface area contributed by atoms with Crippen molar-refractivity contribution in [1.29, 1.82) is 0 Å². The van der Waals surface area contributed by atoms with E-state index >= 15 is 0 Å². The average molecular weight is 364 g/mol. The average Bonchev–Trinajstić information content (AvgIpc) is 3.07. The van der Waals surface area contributed by atoms with E-state index in [9.17, 15) is 4.48 Å². The van der Waals surface area contributed by atoms with E-state index in [0.717, 1.165) is 29.3 Å². The standard InChI is InChI=1S/C18H17FN8/c1-11-6-12(11)7-13-8-26(23-20-13)18-22-21-17-14-4-2-3-5-15(14)25-10-24(19)9-16(25)27(17)18/h2-5,8-9,11-12H,6-7,10H2,1H3. The molecular weight excluding hydrogens is 347 g/mol. The molecule has 3 aliphatic rings. The zero-order valence-corrected chi connectivity index (χ0v) is 14.7. The van der Waals surface area contributed by atoms with E-state index in [1.165, 1.54) is 12.6 Å². The monoisotopic (exact) mass is 364 g/mol. The van der Waals surface area contributed by atoms with Gasteiger partial charge in [0.15, 0.2) is 5.82 Å². The highest BCUT2D eigenvalue weighted by atomic mass is 19.2. The maximum absolute atomic E-state index is 14.1. The number of aromatic nitrogens is 6. The molecule has 1 aliphatic carbocycles. The summed E-state index contributed by atoms with van der Waals surface area (Å²) in [5, 5.41) is 17.9. The van der Waals surface area contributed by atoms with Gasteiger partial charge in [-0.25, -0.2) is 4.57 Å². The van der Waals surface area contributed by atoms with E-state index in [1.54, 1.807) is 4.68 Å². The van der Waals surface area contributed by atoms with Gasteiger partial charge < -0.3 is 4.90 Å². The zero-order chi connectivity index (χ0) is 18.1. The molecule has 0 spiro atoms. The van der Waals surface area contributed by atoms with Gasteiger partial charge in [-0.05, 0) is 36.8 Å². The molecule has 2 unspecified atom stereocenters. The van der Waals surface area contributed by atoms with Crippen LogP contribution in [0.1, 0.15) is 19.0 Å². The van der Waals surface area contributed by atoms with Gasteiger partial charge in [0.05, 0.1) is 23.8 Å². The normalized spacial score (nSPS) is 22.4. The Morgan fingerprint density at radius 1 is 1.19 bits per heavy atom. The third-order valence-corrected chi connectivity index (χ3v) is 5.61. The fourth-order valence-electron chi connectivity index (χ4n) is 3.97. The molecule has 4 heterocycles. The summed E-state index contributed by atoms with van der Waals surface area (Å²) < 4.78 is 17.5. The fraction of sp³-hybridized carbons (Fsp3) is 0.333. The molecule has 0 amide bonds. The smallest absolute Gasteiger partial charge is 0.259 e. The lowest BCUT2D eigenvalue weighted by atomic mass is 10.1. The molecule has 0 radical (unpaired) electrons. The second-order valence-corrected chi connectivity index (χ2v) is 7.46. The van der Waals surface area contributed by atoms with Gasteiger partial charge in [0, 0.05) is 5.56 Å². The molecule has 2 aromatic heterocycles. The van der Waals surface area contributed by atoms with Crippen LogP contribution in [0, 0.1) is 11.8 Å². The molecule has 0 bridgehead atoms. The van der Waals surface area contributed by atoms with Gasteiger partial charge in [0.25, 0.3) is 5.95 Å². The van der Waals surface area contributed by atoms with Crippen LogP contribution in [0.25, 0.3) is 23.2 Å². The third kappa shape index (κ3) is 2.14. The quantitative estimate of drug-likeness (QED) is 0.665. The molecule has 0 saturated heterocycles. The van der Waals surface area contributed by atoms with Crippen LogP contribution in [-0.2, 0) is 6.42 Å². The van der Waals surface area contributed by atoms with E-state index in [1.807, 2.05) is 39.9 Å². The molecule has 1 saturated carbocycles. The molecule has 1 fully saturated rings. The zero-order valence-electron chi connectivity index (χ0n) is 14.7. The van der Waals surface area contributed by atoms with Crippen molar-refractivity contribution in [3.8, 4) is 17.3 Å². The highest BCUT2D eigenvalue weighted by molar-refractivity contribution is 5.89. The summed E-state index contributed by atoms with van der Waals surface area (Å²) in [5.41, 5.74) is 2.77. The van der Waals surface area contributed by atoms with E-state index < -0.39 is 0 Å². The lowest BCUT2D eigenvalue weighted by Gasteiger charge is -2.29. The largest absolute Gasteiger partial charge is 0.304 e. The lowest BCUT2D eigenvalue weighted by molar-refractivity contribution is 0.104. The molecule has 2 aliphatic heterocycles. The first-order valence-corrected chi connectivity index (χ1v) is 9.07. The number of hydrogen-bond acceptors (Lipinski definition) is 6. The van der Waals surface area contributed by atoms with E-state index in [4.69, 9.17) is 0 Å². The number of fused-ring (bicyclic) bond motifs is 6. The summed E-state index contributed by atoms with van der Waals surface area (Å²) in [5.74, 6) is 3.31. The Bertz CT molecular complexity index is 1080. The molecule has 3 aromatic rings. The number of hydrogen-bond donors (Lipinski definition) is 0. The van der Waals surface area contributed by atoms with Crippen molar-refractivity contribution < 1.29 is 4.48 Å². The van der Waals surface area contributed by atoms with E-state index in [2.05, 4.69) is 27.4 Å². The molecule has 136 valence electrons. The molecule has 6 rings (SSSR count). The van der Waals surface area contributed by atoms with Crippen LogP contribution in [0.4, 0.5) is 10.2 Å². The number of nitrogens with zero attached hydrogens (tertiary/aromatic N) is 8. The number of benzene rings is 1. The minimum Gasteiger partial charge on any atom is -0.304 e. The Morgan fingerprint density at radius 3 is 2.89 bits per heavy atom. The Hall–Kier alpha value is -3.23. The van der Waals surface area contributed by atoms with Crippen LogP contribution in [-0.4, -0.2) is 41.5 Å². The Morgan fingerprint density at radius 2 is 2.04 bits per heavy atom. The molecule has 8 nitrogen and oxygen atoms in total. The topological polar surface area (TPSA) is 67.9 Å². The maximum atomic E-state index is 14.1. The predicted octanol–water partition coefficient (Wildman–Crippen LogP) is 2.46. The minimum absolute atomic E-state index is 0.131. The summed E-state index contributed by atoms with van der Waals surface area (Å²) >= 11 is 0. The van der Waals surface area contributed by atoms with Gasteiger partial charge in [-0.15, -0.1) is 15.3 Å². The van der Waals surface area contributed by atoms with Crippen molar-refractivity contribution in [2.75, 3.05) is 11.6 Å². The first-order chi connectivity index (χ1) is 13.2. The molecule has 27 heavy (non-hydrogen) atoms. The van der Waals surface area contributed by atoms with Crippen LogP contribution < -0.4 is 4.90 Å². The maximum Gasteiger partial charge on any atom is 0.259 e. The highest BCUT2D eigenvalue weighted by Gasteiger charge is 2.36. The van der Waals surface area contributed by atoms with Crippen molar-refractivity contribution in [2.24, 2.45) is 11.8 Å². The molecule has 1 aromatic carbocycles. The molecule has 2 atom stereocenters. The van der Waals surface area contributed by atoms with Crippen molar-refractivity contribution in [1.82, 2.24) is 34.9 Å². The van der Waals surface area contributed by atoms with Crippen molar-refractivity contribution in [2.45, 2.75) is 19.8 Å². The summed E-state index contributed by atoms with van der Waals surface area (Å²) in [6.45, 7) is 2.39. The van der Waals surface area contributed by atoms with Crippen LogP contribution in [0.2, 0.25) is 0 Å². The fourth-order valence-corrected chi connectivity index (χ4v) is 3.97. The summed E-state index contributed by atoms with van der Waals surface area (Å²) in [4.78, 5) is 1.90. The highest BCUT2D eigenvalue weighted by Crippen LogP contribution is 2.43. The predicted molar refractivity (Wildman–Crippen MR) is 95.9 cm³/mol. The Kier molecular flexibility index (Phi) is 2.84. The lowest BCUT2D eigenvalue weighted by Crippen LogP contribution is -2.29. The van der Waals surface area contributed by atoms with Gasteiger partial charge in [-0.3, -0.25) is 0 Å².